The van der Waals surface area contributed by atoms with Crippen molar-refractivity contribution in [2.75, 3.05) is 18.1 Å². The molecule has 1 aromatic heterocycles. The van der Waals surface area contributed by atoms with Crippen molar-refractivity contribution >= 4 is 9.84 Å². The highest BCUT2D eigenvalue weighted by molar-refractivity contribution is 7.91. The van der Waals surface area contributed by atoms with Crippen molar-refractivity contribution in [2.24, 2.45) is 18.2 Å². The van der Waals surface area contributed by atoms with E-state index in [1.807, 2.05) is 19.4 Å². The quantitative estimate of drug-likeness (QED) is 0.831. The molecule has 0 aromatic carbocycles. The standard InChI is InChI=1S/C11H19N3O2S/c1-14-7-10(6-13-14)2-3-11(8-12)4-5-17(15,16)9-11/h6-7H,2-5,8-9,12H2,1H3. The highest BCUT2D eigenvalue weighted by Gasteiger charge is 2.40. The van der Waals surface area contributed by atoms with E-state index in [-0.39, 0.29) is 16.9 Å². The van der Waals surface area contributed by atoms with Gasteiger partial charge < -0.3 is 5.73 Å². The minimum Gasteiger partial charge on any atom is -0.330 e. The van der Waals surface area contributed by atoms with Gasteiger partial charge in [0.05, 0.1) is 17.7 Å². The smallest absolute Gasteiger partial charge is 0.150 e. The van der Waals surface area contributed by atoms with E-state index in [1.165, 1.54) is 0 Å². The molecule has 6 heteroatoms. The summed E-state index contributed by atoms with van der Waals surface area (Å²) in [7, 11) is -0.989. The molecule has 1 aromatic rings. The van der Waals surface area contributed by atoms with Gasteiger partial charge in [0, 0.05) is 13.2 Å². The van der Waals surface area contributed by atoms with Crippen molar-refractivity contribution < 1.29 is 8.42 Å². The minimum absolute atomic E-state index is 0.214. The number of nitrogens with zero attached hydrogens (tertiary/aromatic N) is 2. The lowest BCUT2D eigenvalue weighted by atomic mass is 9.82. The topological polar surface area (TPSA) is 78.0 Å². The molecule has 1 aliphatic heterocycles. The lowest BCUT2D eigenvalue weighted by molar-refractivity contribution is 0.319. The van der Waals surface area contributed by atoms with E-state index in [0.717, 1.165) is 18.4 Å². The molecule has 2 N–H and O–H groups in total. The van der Waals surface area contributed by atoms with Gasteiger partial charge in [0.1, 0.15) is 0 Å². The molecule has 0 amide bonds. The van der Waals surface area contributed by atoms with Crippen LogP contribution in [0.25, 0.3) is 0 Å². The van der Waals surface area contributed by atoms with E-state index in [4.69, 9.17) is 5.73 Å². The Labute approximate surface area is 102 Å². The van der Waals surface area contributed by atoms with Crippen molar-refractivity contribution in [3.63, 3.8) is 0 Å². The molecule has 96 valence electrons. The van der Waals surface area contributed by atoms with E-state index in [1.54, 1.807) is 4.68 Å². The first-order chi connectivity index (χ1) is 7.95. The third-order valence-electron chi connectivity index (χ3n) is 3.60. The summed E-state index contributed by atoms with van der Waals surface area (Å²) < 4.78 is 24.9. The molecule has 0 bridgehead atoms. The first kappa shape index (κ1) is 12.6. The summed E-state index contributed by atoms with van der Waals surface area (Å²) in [5.74, 6) is 0.536. The normalized spacial score (nSPS) is 27.4. The maximum absolute atomic E-state index is 11.5. The molecule has 1 fully saturated rings. The van der Waals surface area contributed by atoms with Gasteiger partial charge >= 0.3 is 0 Å². The van der Waals surface area contributed by atoms with Gasteiger partial charge in [-0.1, -0.05) is 0 Å². The number of nitrogens with two attached hydrogens (primary N) is 1. The first-order valence-electron chi connectivity index (χ1n) is 5.83. The Morgan fingerprint density at radius 2 is 2.35 bits per heavy atom. The molecule has 1 saturated heterocycles. The van der Waals surface area contributed by atoms with E-state index in [0.29, 0.717) is 13.0 Å². The van der Waals surface area contributed by atoms with Gasteiger partial charge in [-0.25, -0.2) is 8.42 Å². The Kier molecular flexibility index (Phi) is 3.27. The fraction of sp³-hybridized carbons (Fsp3) is 0.727. The minimum atomic E-state index is -2.87. The number of hydrogen-bond acceptors (Lipinski definition) is 4. The second-order valence-corrected chi connectivity index (χ2v) is 7.25. The summed E-state index contributed by atoms with van der Waals surface area (Å²) in [6.07, 6.45) is 6.17. The summed E-state index contributed by atoms with van der Waals surface area (Å²) in [4.78, 5) is 0. The van der Waals surface area contributed by atoms with Crippen LogP contribution in [-0.4, -0.2) is 36.2 Å². The van der Waals surface area contributed by atoms with Gasteiger partial charge in [0.25, 0.3) is 0 Å². The van der Waals surface area contributed by atoms with Crippen molar-refractivity contribution in [1.29, 1.82) is 0 Å². The fourth-order valence-corrected chi connectivity index (χ4v) is 4.68. The van der Waals surface area contributed by atoms with Crippen molar-refractivity contribution in [1.82, 2.24) is 9.78 Å². The SMILES string of the molecule is Cn1cc(CCC2(CN)CCS(=O)(=O)C2)cn1. The van der Waals surface area contributed by atoms with Crippen LogP contribution in [-0.2, 0) is 23.3 Å². The van der Waals surface area contributed by atoms with Crippen LogP contribution in [0, 0.1) is 5.41 Å². The number of sulfone groups is 1. The first-order valence-corrected chi connectivity index (χ1v) is 7.65. The molecule has 17 heavy (non-hydrogen) atoms. The van der Waals surface area contributed by atoms with Gasteiger partial charge in [-0.3, -0.25) is 4.68 Å². The van der Waals surface area contributed by atoms with Crippen LogP contribution in [0.15, 0.2) is 12.4 Å². The third-order valence-corrected chi connectivity index (χ3v) is 5.48. The Morgan fingerprint density at radius 1 is 1.59 bits per heavy atom. The predicted octanol–water partition coefficient (Wildman–Crippen LogP) is 0.116. The number of aromatic nitrogens is 2. The fourth-order valence-electron chi connectivity index (χ4n) is 2.45. The monoisotopic (exact) mass is 257 g/mol. The van der Waals surface area contributed by atoms with Crippen LogP contribution in [0.3, 0.4) is 0 Å². The van der Waals surface area contributed by atoms with E-state index in [9.17, 15) is 8.42 Å². The molecule has 2 rings (SSSR count). The van der Waals surface area contributed by atoms with Crippen LogP contribution in [0.4, 0.5) is 0 Å². The van der Waals surface area contributed by atoms with Crippen LogP contribution in [0.2, 0.25) is 0 Å². The molecule has 1 unspecified atom stereocenters. The molecule has 0 aliphatic carbocycles. The summed E-state index contributed by atoms with van der Waals surface area (Å²) in [6.45, 7) is 0.451. The summed E-state index contributed by atoms with van der Waals surface area (Å²) >= 11 is 0. The zero-order valence-electron chi connectivity index (χ0n) is 10.1. The van der Waals surface area contributed by atoms with Crippen LogP contribution >= 0.6 is 0 Å². The average Bonchev–Trinajstić information content (AvgIpc) is 2.81. The maximum atomic E-state index is 11.5. The van der Waals surface area contributed by atoms with Crippen LogP contribution in [0.1, 0.15) is 18.4 Å². The Morgan fingerprint density at radius 3 is 2.82 bits per heavy atom. The van der Waals surface area contributed by atoms with Gasteiger partial charge in [-0.2, -0.15) is 5.10 Å². The number of aryl methyl sites for hydroxylation is 2. The average molecular weight is 257 g/mol. The lowest BCUT2D eigenvalue weighted by Crippen LogP contribution is -2.32. The zero-order valence-corrected chi connectivity index (χ0v) is 10.9. The highest BCUT2D eigenvalue weighted by atomic mass is 32.2. The Bertz CT molecular complexity index is 495. The molecule has 0 spiro atoms. The van der Waals surface area contributed by atoms with Crippen LogP contribution in [0.5, 0.6) is 0 Å². The van der Waals surface area contributed by atoms with Crippen molar-refractivity contribution in [3.8, 4) is 0 Å². The zero-order chi connectivity index (χ0) is 12.5. The molecule has 0 radical (unpaired) electrons. The van der Waals surface area contributed by atoms with Crippen molar-refractivity contribution in [3.05, 3.63) is 18.0 Å². The summed E-state index contributed by atoms with van der Waals surface area (Å²) in [5.41, 5.74) is 6.70. The number of rotatable bonds is 4. The van der Waals surface area contributed by atoms with Gasteiger partial charge in [0.2, 0.25) is 0 Å². The highest BCUT2D eigenvalue weighted by Crippen LogP contribution is 2.35. The van der Waals surface area contributed by atoms with Crippen molar-refractivity contribution in [2.45, 2.75) is 19.3 Å². The van der Waals surface area contributed by atoms with E-state index in [2.05, 4.69) is 5.10 Å². The van der Waals surface area contributed by atoms with Gasteiger partial charge in [-0.05, 0) is 36.8 Å². The Hall–Kier alpha value is -0.880. The van der Waals surface area contributed by atoms with E-state index < -0.39 is 9.84 Å². The lowest BCUT2D eigenvalue weighted by Gasteiger charge is -2.25. The maximum Gasteiger partial charge on any atom is 0.150 e. The molecular weight excluding hydrogens is 238 g/mol. The molecular formula is C11H19N3O2S. The molecule has 1 atom stereocenters. The molecule has 5 nitrogen and oxygen atoms in total. The second kappa shape index (κ2) is 4.42. The van der Waals surface area contributed by atoms with Gasteiger partial charge in [0.15, 0.2) is 9.84 Å². The number of hydrogen-bond donors (Lipinski definition) is 1. The Balaban J connectivity index is 2.01. The third kappa shape index (κ3) is 2.87. The molecule has 1 aliphatic rings. The summed E-state index contributed by atoms with van der Waals surface area (Å²) in [5, 5.41) is 4.11. The molecule has 2 heterocycles. The largest absolute Gasteiger partial charge is 0.330 e. The molecule has 0 saturated carbocycles. The summed E-state index contributed by atoms with van der Waals surface area (Å²) in [6, 6.07) is 0. The van der Waals surface area contributed by atoms with E-state index >= 15 is 0 Å². The second-order valence-electron chi connectivity index (χ2n) is 5.07. The van der Waals surface area contributed by atoms with Crippen LogP contribution < -0.4 is 5.73 Å². The predicted molar refractivity (Wildman–Crippen MR) is 66.3 cm³/mol. The van der Waals surface area contributed by atoms with Gasteiger partial charge in [-0.15, -0.1) is 0 Å².